The molecule has 0 aliphatic carbocycles. The lowest BCUT2D eigenvalue weighted by molar-refractivity contribution is -0.121. The highest BCUT2D eigenvalue weighted by atomic mass is 16.2. The molecule has 1 rings (SSSR count). The summed E-state index contributed by atoms with van der Waals surface area (Å²) in [4.78, 5) is 26.8. The monoisotopic (exact) mass is 265 g/mol. The molecule has 2 amide bonds. The third-order valence-electron chi connectivity index (χ3n) is 2.51. The summed E-state index contributed by atoms with van der Waals surface area (Å²) in [7, 11) is 0. The fourth-order valence-corrected chi connectivity index (χ4v) is 1.45. The van der Waals surface area contributed by atoms with E-state index in [1.165, 1.54) is 12.3 Å². The van der Waals surface area contributed by atoms with Crippen molar-refractivity contribution in [3.8, 4) is 0 Å². The smallest absolute Gasteiger partial charge is 0.250 e. The van der Waals surface area contributed by atoms with E-state index in [-0.39, 0.29) is 17.2 Å². The quantitative estimate of drug-likeness (QED) is 0.580. The Bertz CT molecular complexity index is 475. The number of primary amides is 1. The minimum atomic E-state index is -0.633. The molecule has 0 spiro atoms. The first-order chi connectivity index (χ1) is 8.95. The van der Waals surface area contributed by atoms with Gasteiger partial charge < -0.3 is 22.1 Å². The van der Waals surface area contributed by atoms with E-state index in [1.54, 1.807) is 6.92 Å². The predicted molar refractivity (Wildman–Crippen MR) is 73.6 cm³/mol. The Morgan fingerprint density at radius 2 is 2.16 bits per heavy atom. The molecule has 1 unspecified atom stereocenters. The first kappa shape index (κ1) is 14.7. The van der Waals surface area contributed by atoms with Crippen molar-refractivity contribution in [2.45, 2.75) is 26.3 Å². The van der Waals surface area contributed by atoms with Crippen molar-refractivity contribution in [3.05, 3.63) is 17.8 Å². The van der Waals surface area contributed by atoms with Crippen LogP contribution in [0.2, 0.25) is 0 Å². The van der Waals surface area contributed by atoms with Crippen LogP contribution in [-0.4, -0.2) is 29.4 Å². The molecule has 1 heterocycles. The van der Waals surface area contributed by atoms with Gasteiger partial charge in [-0.1, -0.05) is 6.92 Å². The fourth-order valence-electron chi connectivity index (χ4n) is 1.45. The Balaban J connectivity index is 2.74. The minimum absolute atomic E-state index is 0.138. The van der Waals surface area contributed by atoms with E-state index in [0.29, 0.717) is 12.4 Å². The Morgan fingerprint density at radius 1 is 1.47 bits per heavy atom. The second-order valence-corrected chi connectivity index (χ2v) is 4.18. The highest BCUT2D eigenvalue weighted by Gasteiger charge is 2.14. The van der Waals surface area contributed by atoms with Gasteiger partial charge in [0, 0.05) is 6.54 Å². The van der Waals surface area contributed by atoms with E-state index in [2.05, 4.69) is 15.6 Å². The van der Waals surface area contributed by atoms with E-state index in [0.717, 1.165) is 6.42 Å². The number of hydrogen-bond acceptors (Lipinski definition) is 5. The number of carbonyl (C=O) groups excluding carboxylic acids is 2. The third kappa shape index (κ3) is 4.13. The van der Waals surface area contributed by atoms with Crippen molar-refractivity contribution in [1.29, 1.82) is 0 Å². The number of hydrogen-bond donors (Lipinski definition) is 4. The average Bonchev–Trinajstić information content (AvgIpc) is 2.37. The van der Waals surface area contributed by atoms with Gasteiger partial charge in [0.2, 0.25) is 5.91 Å². The summed E-state index contributed by atoms with van der Waals surface area (Å²) in [5, 5.41) is 5.64. The molecular weight excluding hydrogens is 246 g/mol. The van der Waals surface area contributed by atoms with Crippen molar-refractivity contribution < 1.29 is 9.59 Å². The van der Waals surface area contributed by atoms with Crippen molar-refractivity contribution in [3.63, 3.8) is 0 Å². The molecular formula is C12H19N5O2. The molecule has 6 N–H and O–H groups in total. The van der Waals surface area contributed by atoms with Crippen LogP contribution in [0, 0.1) is 0 Å². The number of pyridine rings is 1. The van der Waals surface area contributed by atoms with Gasteiger partial charge in [-0.2, -0.15) is 0 Å². The van der Waals surface area contributed by atoms with Gasteiger partial charge in [-0.05, 0) is 19.4 Å². The van der Waals surface area contributed by atoms with Crippen LogP contribution in [-0.2, 0) is 4.79 Å². The Kier molecular flexibility index (Phi) is 5.11. The number of anilines is 2. The molecule has 0 fully saturated rings. The standard InChI is InChI=1S/C12H19N5O2/c1-3-4-15-12(19)7(2)17-10-5-8(11(14)18)9(13)6-16-10/h5-7H,3-4,13H2,1-2H3,(H2,14,18)(H,15,19)(H,16,17). The van der Waals surface area contributed by atoms with Gasteiger partial charge in [0.05, 0.1) is 17.4 Å². The summed E-state index contributed by atoms with van der Waals surface area (Å²) >= 11 is 0. The number of nitrogen functional groups attached to an aromatic ring is 1. The molecule has 1 aromatic heterocycles. The lowest BCUT2D eigenvalue weighted by Crippen LogP contribution is -2.38. The first-order valence-electron chi connectivity index (χ1n) is 6.05. The van der Waals surface area contributed by atoms with Gasteiger partial charge in [0.1, 0.15) is 11.9 Å². The Morgan fingerprint density at radius 3 is 2.74 bits per heavy atom. The fraction of sp³-hybridized carbons (Fsp3) is 0.417. The van der Waals surface area contributed by atoms with E-state index in [4.69, 9.17) is 11.5 Å². The van der Waals surface area contributed by atoms with Crippen LogP contribution >= 0.6 is 0 Å². The number of carbonyl (C=O) groups is 2. The Hall–Kier alpha value is -2.31. The predicted octanol–water partition coefficient (Wildman–Crippen LogP) is 0.0893. The number of nitrogens with zero attached hydrogens (tertiary/aromatic N) is 1. The van der Waals surface area contributed by atoms with Crippen LogP contribution in [0.4, 0.5) is 11.5 Å². The summed E-state index contributed by atoms with van der Waals surface area (Å²) < 4.78 is 0. The normalized spacial score (nSPS) is 11.7. The number of amides is 2. The molecule has 1 atom stereocenters. The van der Waals surface area contributed by atoms with Gasteiger partial charge in [-0.25, -0.2) is 4.98 Å². The Labute approximate surface area is 111 Å². The molecule has 7 heteroatoms. The van der Waals surface area contributed by atoms with Crippen LogP contribution < -0.4 is 22.1 Å². The van der Waals surface area contributed by atoms with Crippen molar-refractivity contribution in [2.75, 3.05) is 17.6 Å². The van der Waals surface area contributed by atoms with Gasteiger partial charge in [-0.3, -0.25) is 9.59 Å². The summed E-state index contributed by atoms with van der Waals surface area (Å²) in [5.74, 6) is -0.394. The van der Waals surface area contributed by atoms with Crippen molar-refractivity contribution >= 4 is 23.3 Å². The van der Waals surface area contributed by atoms with Crippen LogP contribution in [0.25, 0.3) is 0 Å². The lowest BCUT2D eigenvalue weighted by Gasteiger charge is -2.15. The summed E-state index contributed by atoms with van der Waals surface area (Å²) in [6.07, 6.45) is 2.20. The van der Waals surface area contributed by atoms with E-state index < -0.39 is 11.9 Å². The summed E-state index contributed by atoms with van der Waals surface area (Å²) in [6.45, 7) is 4.29. The second kappa shape index (κ2) is 6.58. The van der Waals surface area contributed by atoms with Crippen LogP contribution in [0.1, 0.15) is 30.6 Å². The third-order valence-corrected chi connectivity index (χ3v) is 2.51. The molecule has 19 heavy (non-hydrogen) atoms. The van der Waals surface area contributed by atoms with Crippen LogP contribution in [0.15, 0.2) is 12.3 Å². The minimum Gasteiger partial charge on any atom is -0.397 e. The SMILES string of the molecule is CCCNC(=O)C(C)Nc1cc(C(N)=O)c(N)cn1. The molecule has 7 nitrogen and oxygen atoms in total. The first-order valence-corrected chi connectivity index (χ1v) is 6.05. The van der Waals surface area contributed by atoms with E-state index >= 15 is 0 Å². The summed E-state index contributed by atoms with van der Waals surface area (Å²) in [5.41, 5.74) is 11.2. The molecule has 0 aliphatic rings. The van der Waals surface area contributed by atoms with Gasteiger partial charge in [0.25, 0.3) is 5.91 Å². The maximum Gasteiger partial charge on any atom is 0.250 e. The number of rotatable bonds is 6. The second-order valence-electron chi connectivity index (χ2n) is 4.18. The van der Waals surface area contributed by atoms with Crippen LogP contribution in [0.5, 0.6) is 0 Å². The summed E-state index contributed by atoms with van der Waals surface area (Å²) in [6, 6.07) is 0.963. The molecule has 0 radical (unpaired) electrons. The zero-order valence-corrected chi connectivity index (χ0v) is 11.1. The van der Waals surface area contributed by atoms with Crippen LogP contribution in [0.3, 0.4) is 0 Å². The van der Waals surface area contributed by atoms with E-state index in [9.17, 15) is 9.59 Å². The average molecular weight is 265 g/mol. The molecule has 1 aromatic rings. The van der Waals surface area contributed by atoms with Crippen molar-refractivity contribution in [2.24, 2.45) is 5.73 Å². The molecule has 104 valence electrons. The van der Waals surface area contributed by atoms with Crippen molar-refractivity contribution in [1.82, 2.24) is 10.3 Å². The zero-order chi connectivity index (χ0) is 14.4. The molecule has 0 aromatic carbocycles. The largest absolute Gasteiger partial charge is 0.397 e. The topological polar surface area (TPSA) is 123 Å². The number of nitrogens with one attached hydrogen (secondary N) is 2. The molecule has 0 bridgehead atoms. The number of nitrogens with two attached hydrogens (primary N) is 2. The zero-order valence-electron chi connectivity index (χ0n) is 11.1. The highest BCUT2D eigenvalue weighted by molar-refractivity contribution is 5.98. The highest BCUT2D eigenvalue weighted by Crippen LogP contribution is 2.14. The maximum absolute atomic E-state index is 11.7. The molecule has 0 saturated heterocycles. The maximum atomic E-state index is 11.7. The molecule has 0 aliphatic heterocycles. The van der Waals surface area contributed by atoms with Gasteiger partial charge in [-0.15, -0.1) is 0 Å². The van der Waals surface area contributed by atoms with Gasteiger partial charge in [0.15, 0.2) is 0 Å². The van der Waals surface area contributed by atoms with E-state index in [1.807, 2.05) is 6.92 Å². The molecule has 0 saturated carbocycles. The lowest BCUT2D eigenvalue weighted by atomic mass is 10.2. The van der Waals surface area contributed by atoms with Gasteiger partial charge >= 0.3 is 0 Å². The number of aromatic nitrogens is 1.